The molecule has 1 aliphatic rings. The second-order valence-corrected chi connectivity index (χ2v) is 8.59. The zero-order valence-corrected chi connectivity index (χ0v) is 22.3. The minimum absolute atomic E-state index is 0. The predicted molar refractivity (Wildman–Crippen MR) is 138 cm³/mol. The van der Waals surface area contributed by atoms with E-state index in [1.54, 1.807) is 7.11 Å². The zero-order valence-electron chi connectivity index (χ0n) is 20.0. The second kappa shape index (κ2) is 14.4. The minimum atomic E-state index is -0.499. The number of rotatable bonds is 9. The minimum Gasteiger partial charge on any atom is -0.493 e. The van der Waals surface area contributed by atoms with Crippen LogP contribution in [-0.2, 0) is 16.0 Å². The Labute approximate surface area is 209 Å². The Kier molecular flexibility index (Phi) is 12.7. The molecule has 0 radical (unpaired) electrons. The van der Waals surface area contributed by atoms with Gasteiger partial charge < -0.3 is 29.7 Å². The van der Waals surface area contributed by atoms with E-state index in [0.717, 1.165) is 43.2 Å². The largest absolute Gasteiger partial charge is 0.493 e. The first-order valence-corrected chi connectivity index (χ1v) is 11.0. The summed E-state index contributed by atoms with van der Waals surface area (Å²) < 4.78 is 16.2. The summed E-state index contributed by atoms with van der Waals surface area (Å²) in [5, 5.41) is 6.32. The van der Waals surface area contributed by atoms with Crippen molar-refractivity contribution in [1.29, 1.82) is 0 Å². The van der Waals surface area contributed by atoms with Gasteiger partial charge in [-0.25, -0.2) is 9.79 Å². The van der Waals surface area contributed by atoms with Gasteiger partial charge in [-0.15, -0.1) is 24.0 Å². The number of carbonyl (C=O) groups excluding carboxylic acids is 1. The van der Waals surface area contributed by atoms with Gasteiger partial charge >= 0.3 is 6.09 Å². The van der Waals surface area contributed by atoms with E-state index < -0.39 is 5.60 Å². The first-order valence-electron chi connectivity index (χ1n) is 11.0. The van der Waals surface area contributed by atoms with Crippen molar-refractivity contribution in [2.45, 2.75) is 58.7 Å². The molecule has 0 saturated carbocycles. The summed E-state index contributed by atoms with van der Waals surface area (Å²) in [6, 6.07) is 8.06. The monoisotopic (exact) mass is 562 g/mol. The molecule has 9 heteroatoms. The molecule has 182 valence electrons. The van der Waals surface area contributed by atoms with Crippen LogP contribution in [0.25, 0.3) is 0 Å². The number of benzene rings is 1. The molecule has 2 rings (SSSR count). The van der Waals surface area contributed by atoms with Gasteiger partial charge in [0.15, 0.2) is 5.96 Å². The summed E-state index contributed by atoms with van der Waals surface area (Å²) >= 11 is 0. The second-order valence-electron chi connectivity index (χ2n) is 8.59. The summed E-state index contributed by atoms with van der Waals surface area (Å²) in [6.45, 7) is 11.8. The number of ether oxygens (including phenoxy) is 3. The molecule has 2 N–H and O–H groups in total. The van der Waals surface area contributed by atoms with Crippen LogP contribution in [0.15, 0.2) is 29.3 Å². The van der Waals surface area contributed by atoms with Crippen LogP contribution in [0.5, 0.6) is 5.75 Å². The van der Waals surface area contributed by atoms with E-state index in [1.165, 1.54) is 0 Å². The Morgan fingerprint density at radius 1 is 1.28 bits per heavy atom. The molecule has 0 spiro atoms. The van der Waals surface area contributed by atoms with Crippen LogP contribution in [0.2, 0.25) is 0 Å². The summed E-state index contributed by atoms with van der Waals surface area (Å²) in [6.07, 6.45) is 1.34. The number of likely N-dealkylation sites (tertiary alicyclic amines) is 1. The van der Waals surface area contributed by atoms with Gasteiger partial charge in [0.05, 0.1) is 19.2 Å². The number of methoxy groups -OCH3 is 1. The van der Waals surface area contributed by atoms with Gasteiger partial charge in [0.2, 0.25) is 0 Å². The number of nitrogens with one attached hydrogen (secondary N) is 2. The third-order valence-corrected chi connectivity index (χ3v) is 4.61. The highest BCUT2D eigenvalue weighted by Gasteiger charge is 2.27. The van der Waals surface area contributed by atoms with Crippen LogP contribution in [0.1, 0.15) is 46.1 Å². The summed E-state index contributed by atoms with van der Waals surface area (Å²) in [5.74, 6) is 1.69. The van der Waals surface area contributed by atoms with Crippen molar-refractivity contribution in [3.8, 4) is 5.75 Å². The molecule has 1 aromatic rings. The first-order chi connectivity index (χ1) is 14.8. The lowest BCUT2D eigenvalue weighted by Crippen LogP contribution is -2.44. The maximum absolute atomic E-state index is 12.1. The van der Waals surface area contributed by atoms with E-state index >= 15 is 0 Å². The zero-order chi connectivity index (χ0) is 22.7. The maximum Gasteiger partial charge on any atom is 0.407 e. The SMILES string of the molecule is CCNC(=NCc1cccc(OCCCOC)c1)N1CC[C@@H](NC(=O)OC(C)(C)C)C1.I. The van der Waals surface area contributed by atoms with Crippen molar-refractivity contribution in [1.82, 2.24) is 15.5 Å². The molecule has 8 nitrogen and oxygen atoms in total. The van der Waals surface area contributed by atoms with Crippen molar-refractivity contribution in [3.05, 3.63) is 29.8 Å². The normalized spacial score (nSPS) is 16.3. The molecule has 1 amide bonds. The van der Waals surface area contributed by atoms with E-state index in [1.807, 2.05) is 45.0 Å². The molecule has 1 fully saturated rings. The number of amides is 1. The average Bonchev–Trinajstić information content (AvgIpc) is 3.15. The molecule has 0 aliphatic carbocycles. The number of nitrogens with zero attached hydrogens (tertiary/aromatic N) is 2. The highest BCUT2D eigenvalue weighted by atomic mass is 127. The van der Waals surface area contributed by atoms with E-state index in [2.05, 4.69) is 22.5 Å². The fraction of sp³-hybridized carbons (Fsp3) is 0.652. The van der Waals surface area contributed by atoms with Gasteiger partial charge in [-0.1, -0.05) is 12.1 Å². The van der Waals surface area contributed by atoms with Gasteiger partial charge in [0.1, 0.15) is 11.4 Å². The van der Waals surface area contributed by atoms with Crippen molar-refractivity contribution in [2.24, 2.45) is 4.99 Å². The van der Waals surface area contributed by atoms with Gasteiger partial charge in [0, 0.05) is 39.8 Å². The van der Waals surface area contributed by atoms with Crippen LogP contribution in [0.4, 0.5) is 4.79 Å². The highest BCUT2D eigenvalue weighted by molar-refractivity contribution is 14.0. The lowest BCUT2D eigenvalue weighted by Gasteiger charge is -2.23. The summed E-state index contributed by atoms with van der Waals surface area (Å²) in [4.78, 5) is 19.0. The van der Waals surface area contributed by atoms with E-state index in [-0.39, 0.29) is 36.1 Å². The molecular formula is C23H39IN4O4. The number of halogens is 1. The van der Waals surface area contributed by atoms with Gasteiger partial charge in [0.25, 0.3) is 0 Å². The fourth-order valence-corrected chi connectivity index (χ4v) is 3.26. The first kappa shape index (κ1) is 28.3. The van der Waals surface area contributed by atoms with Crippen LogP contribution in [-0.4, -0.2) is 68.6 Å². The number of alkyl carbamates (subject to hydrolysis) is 1. The Balaban J connectivity index is 0.00000512. The van der Waals surface area contributed by atoms with E-state index in [4.69, 9.17) is 19.2 Å². The smallest absolute Gasteiger partial charge is 0.407 e. The number of carbonyl (C=O) groups is 1. The molecule has 1 aliphatic heterocycles. The summed E-state index contributed by atoms with van der Waals surface area (Å²) in [7, 11) is 1.69. The summed E-state index contributed by atoms with van der Waals surface area (Å²) in [5.41, 5.74) is 0.586. The molecular weight excluding hydrogens is 523 g/mol. The van der Waals surface area contributed by atoms with Crippen molar-refractivity contribution in [2.75, 3.05) is 40.0 Å². The van der Waals surface area contributed by atoms with Gasteiger partial charge in [-0.2, -0.15) is 0 Å². The molecule has 0 aromatic heterocycles. The van der Waals surface area contributed by atoms with Crippen molar-refractivity contribution in [3.63, 3.8) is 0 Å². The third kappa shape index (κ3) is 10.7. The molecule has 0 unspecified atom stereocenters. The van der Waals surface area contributed by atoms with Crippen molar-refractivity contribution >= 4 is 36.0 Å². The number of aliphatic imine (C=N–C) groups is 1. The van der Waals surface area contributed by atoms with E-state index in [9.17, 15) is 4.79 Å². The number of hydrogen-bond donors (Lipinski definition) is 2. The maximum atomic E-state index is 12.1. The van der Waals surface area contributed by atoms with Crippen LogP contribution in [0, 0.1) is 0 Å². The predicted octanol–water partition coefficient (Wildman–Crippen LogP) is 3.78. The average molecular weight is 562 g/mol. The number of hydrogen-bond acceptors (Lipinski definition) is 5. The fourth-order valence-electron chi connectivity index (χ4n) is 3.26. The molecule has 1 saturated heterocycles. The van der Waals surface area contributed by atoms with Crippen molar-refractivity contribution < 1.29 is 19.0 Å². The molecule has 0 bridgehead atoms. The van der Waals surface area contributed by atoms with Gasteiger partial charge in [-0.05, 0) is 51.8 Å². The van der Waals surface area contributed by atoms with Crippen LogP contribution < -0.4 is 15.4 Å². The topological polar surface area (TPSA) is 84.4 Å². The molecule has 1 heterocycles. The Hall–Kier alpha value is -1.75. The molecule has 32 heavy (non-hydrogen) atoms. The number of guanidine groups is 1. The molecule has 1 atom stereocenters. The highest BCUT2D eigenvalue weighted by Crippen LogP contribution is 2.16. The van der Waals surface area contributed by atoms with Gasteiger partial charge in [-0.3, -0.25) is 0 Å². The van der Waals surface area contributed by atoms with Crippen LogP contribution in [0.3, 0.4) is 0 Å². The third-order valence-electron chi connectivity index (χ3n) is 4.61. The standard InChI is InChI=1S/C23H38N4O4.HI/c1-6-24-21(27-12-11-19(17-27)26-22(28)31-23(2,3)4)25-16-18-9-7-10-20(15-18)30-14-8-13-29-5;/h7,9-10,15,19H,6,8,11-14,16-17H2,1-5H3,(H,24,25)(H,26,28);1H/t19-;/m1./s1. The Morgan fingerprint density at radius 2 is 2.06 bits per heavy atom. The Morgan fingerprint density at radius 3 is 2.75 bits per heavy atom. The van der Waals surface area contributed by atoms with E-state index in [0.29, 0.717) is 26.3 Å². The lowest BCUT2D eigenvalue weighted by molar-refractivity contribution is 0.0507. The molecule has 1 aromatic carbocycles. The Bertz CT molecular complexity index is 724. The van der Waals surface area contributed by atoms with Crippen LogP contribution >= 0.6 is 24.0 Å². The lowest BCUT2D eigenvalue weighted by atomic mass is 10.2. The quantitative estimate of drug-likeness (QED) is 0.206.